The van der Waals surface area contributed by atoms with Crippen molar-refractivity contribution in [1.82, 2.24) is 14.7 Å². The molecule has 0 atom stereocenters. The summed E-state index contributed by atoms with van der Waals surface area (Å²) in [7, 11) is 2.12. The molecule has 1 N–H and O–H groups in total. The first-order valence-corrected chi connectivity index (χ1v) is 7.96. The Labute approximate surface area is 129 Å². The molecule has 114 valence electrons. The van der Waals surface area contributed by atoms with Crippen LogP contribution in [0.25, 0.3) is 0 Å². The fraction of sp³-hybridized carbons (Fsp3) is 0.714. The van der Waals surface area contributed by atoms with E-state index in [1.54, 1.807) is 6.20 Å². The summed E-state index contributed by atoms with van der Waals surface area (Å²) in [5.74, 6) is 0. The topological polar surface area (TPSA) is 50.2 Å². The van der Waals surface area contributed by atoms with Crippen molar-refractivity contribution >= 4 is 21.6 Å². The second-order valence-electron chi connectivity index (χ2n) is 5.26. The largest absolute Gasteiger partial charge is 0.383 e. The molecule has 0 bridgehead atoms. The van der Waals surface area contributed by atoms with Gasteiger partial charge in [0.25, 0.3) is 5.56 Å². The number of nitrogens with zero attached hydrogens (tertiary/aromatic N) is 3. The second-order valence-corrected chi connectivity index (χ2v) is 6.05. The molecule has 0 aliphatic carbocycles. The van der Waals surface area contributed by atoms with Gasteiger partial charge in [-0.1, -0.05) is 6.92 Å². The molecule has 20 heavy (non-hydrogen) atoms. The Hall–Kier alpha value is -0.880. The van der Waals surface area contributed by atoms with Gasteiger partial charge in [0.05, 0.1) is 11.9 Å². The number of hydrogen-bond acceptors (Lipinski definition) is 4. The maximum absolute atomic E-state index is 12.0. The van der Waals surface area contributed by atoms with Crippen LogP contribution in [-0.4, -0.2) is 40.9 Å². The van der Waals surface area contributed by atoms with E-state index in [9.17, 15) is 4.79 Å². The third-order valence-electron chi connectivity index (χ3n) is 3.30. The highest BCUT2D eigenvalue weighted by Crippen LogP contribution is 2.16. The number of nitrogens with one attached hydrogen (secondary N) is 1. The highest BCUT2D eigenvalue weighted by molar-refractivity contribution is 9.10. The smallest absolute Gasteiger partial charge is 0.283 e. The highest BCUT2D eigenvalue weighted by Gasteiger charge is 2.08. The number of rotatable bonds is 8. The summed E-state index contributed by atoms with van der Waals surface area (Å²) in [6, 6.07) is 0.557. The molecule has 0 saturated heterocycles. The van der Waals surface area contributed by atoms with Gasteiger partial charge in [0.1, 0.15) is 4.47 Å². The van der Waals surface area contributed by atoms with E-state index >= 15 is 0 Å². The molecule has 6 heteroatoms. The molecule has 5 nitrogen and oxygen atoms in total. The third-order valence-corrected chi connectivity index (χ3v) is 4.07. The molecular formula is C14H25BrN4O. The first-order chi connectivity index (χ1) is 9.47. The minimum Gasteiger partial charge on any atom is -0.383 e. The van der Waals surface area contributed by atoms with E-state index in [1.165, 1.54) is 4.68 Å². The van der Waals surface area contributed by atoms with Gasteiger partial charge in [0.15, 0.2) is 0 Å². The molecule has 0 amide bonds. The summed E-state index contributed by atoms with van der Waals surface area (Å²) >= 11 is 3.36. The monoisotopic (exact) mass is 344 g/mol. The summed E-state index contributed by atoms with van der Waals surface area (Å²) in [6.07, 6.45) is 3.64. The van der Waals surface area contributed by atoms with E-state index in [0.29, 0.717) is 17.1 Å². The molecule has 0 aromatic carbocycles. The molecule has 1 aromatic heterocycles. The number of hydrogen-bond donors (Lipinski definition) is 1. The van der Waals surface area contributed by atoms with Crippen molar-refractivity contribution in [3.05, 3.63) is 21.0 Å². The van der Waals surface area contributed by atoms with Gasteiger partial charge in [-0.2, -0.15) is 5.10 Å². The Bertz CT molecular complexity index is 473. The molecule has 0 aliphatic rings. The molecule has 0 radical (unpaired) electrons. The van der Waals surface area contributed by atoms with Crippen LogP contribution in [0.1, 0.15) is 33.6 Å². The van der Waals surface area contributed by atoms with Crippen LogP contribution in [-0.2, 0) is 6.54 Å². The van der Waals surface area contributed by atoms with E-state index < -0.39 is 0 Å². The Morgan fingerprint density at radius 3 is 2.80 bits per heavy atom. The average Bonchev–Trinajstić information content (AvgIpc) is 2.41. The minimum absolute atomic E-state index is 0.0730. The van der Waals surface area contributed by atoms with Crippen molar-refractivity contribution < 1.29 is 0 Å². The Balaban J connectivity index is 2.53. The number of anilines is 1. The zero-order valence-electron chi connectivity index (χ0n) is 12.8. The van der Waals surface area contributed by atoms with E-state index in [1.807, 2.05) is 6.92 Å². The van der Waals surface area contributed by atoms with E-state index in [2.05, 4.69) is 52.1 Å². The number of aromatic nitrogens is 2. The fourth-order valence-corrected chi connectivity index (χ4v) is 2.22. The molecular weight excluding hydrogens is 320 g/mol. The zero-order chi connectivity index (χ0) is 15.1. The standard InChI is InChI=1S/C14H25BrN4O/c1-5-8-19-14(20)13(15)12(10-17-19)16-7-6-9-18(4)11(2)3/h10-11,16H,5-9H2,1-4H3. The van der Waals surface area contributed by atoms with Gasteiger partial charge in [-0.15, -0.1) is 0 Å². The predicted octanol–water partition coefficient (Wildman–Crippen LogP) is 2.56. The average molecular weight is 345 g/mol. The summed E-state index contributed by atoms with van der Waals surface area (Å²) in [5.41, 5.74) is 0.700. The zero-order valence-corrected chi connectivity index (χ0v) is 14.4. The normalized spacial score (nSPS) is 11.3. The van der Waals surface area contributed by atoms with Crippen molar-refractivity contribution in [3.63, 3.8) is 0 Å². The maximum atomic E-state index is 12.0. The third kappa shape index (κ3) is 4.90. The molecule has 0 unspecified atom stereocenters. The van der Waals surface area contributed by atoms with Crippen molar-refractivity contribution in [2.45, 2.75) is 46.2 Å². The SMILES string of the molecule is CCCn1ncc(NCCCN(C)C(C)C)c(Br)c1=O. The predicted molar refractivity (Wildman–Crippen MR) is 87.4 cm³/mol. The van der Waals surface area contributed by atoms with Gasteiger partial charge in [0.2, 0.25) is 0 Å². The van der Waals surface area contributed by atoms with Crippen LogP contribution in [0.15, 0.2) is 15.5 Å². The number of aryl methyl sites for hydroxylation is 1. The Kier molecular flexibility index (Phi) is 7.23. The van der Waals surface area contributed by atoms with Crippen molar-refractivity contribution in [2.24, 2.45) is 0 Å². The van der Waals surface area contributed by atoms with Crippen LogP contribution in [0.4, 0.5) is 5.69 Å². The van der Waals surface area contributed by atoms with Crippen LogP contribution in [0, 0.1) is 0 Å². The molecule has 0 spiro atoms. The van der Waals surface area contributed by atoms with Crippen LogP contribution in [0.2, 0.25) is 0 Å². The molecule has 1 heterocycles. The van der Waals surface area contributed by atoms with Crippen molar-refractivity contribution in [1.29, 1.82) is 0 Å². The van der Waals surface area contributed by atoms with Gasteiger partial charge in [-0.25, -0.2) is 4.68 Å². The molecule has 1 aromatic rings. The highest BCUT2D eigenvalue weighted by atomic mass is 79.9. The summed E-state index contributed by atoms with van der Waals surface area (Å²) in [5, 5.41) is 7.44. The second kappa shape index (κ2) is 8.42. The first-order valence-electron chi connectivity index (χ1n) is 7.17. The summed E-state index contributed by atoms with van der Waals surface area (Å²) in [6.45, 7) is 8.90. The lowest BCUT2D eigenvalue weighted by Gasteiger charge is -2.20. The van der Waals surface area contributed by atoms with Gasteiger partial charge in [0, 0.05) is 19.1 Å². The summed E-state index contributed by atoms with van der Waals surface area (Å²) < 4.78 is 2.06. The Morgan fingerprint density at radius 1 is 1.50 bits per heavy atom. The molecule has 1 rings (SSSR count). The van der Waals surface area contributed by atoms with E-state index in [0.717, 1.165) is 31.6 Å². The number of halogens is 1. The van der Waals surface area contributed by atoms with E-state index in [4.69, 9.17) is 0 Å². The lowest BCUT2D eigenvalue weighted by atomic mass is 10.3. The molecule has 0 saturated carbocycles. The quantitative estimate of drug-likeness (QED) is 0.736. The first kappa shape index (κ1) is 17.2. The van der Waals surface area contributed by atoms with Gasteiger partial charge in [-0.3, -0.25) is 4.79 Å². The fourth-order valence-electron chi connectivity index (χ4n) is 1.77. The maximum Gasteiger partial charge on any atom is 0.283 e. The van der Waals surface area contributed by atoms with E-state index in [-0.39, 0.29) is 5.56 Å². The Morgan fingerprint density at radius 2 is 2.20 bits per heavy atom. The van der Waals surface area contributed by atoms with Gasteiger partial charge >= 0.3 is 0 Å². The van der Waals surface area contributed by atoms with Gasteiger partial charge < -0.3 is 10.2 Å². The lowest BCUT2D eigenvalue weighted by Crippen LogP contribution is -2.28. The van der Waals surface area contributed by atoms with Crippen molar-refractivity contribution in [3.8, 4) is 0 Å². The molecule has 0 fully saturated rings. The summed E-state index contributed by atoms with van der Waals surface area (Å²) in [4.78, 5) is 14.3. The van der Waals surface area contributed by atoms with Crippen LogP contribution in [0.3, 0.4) is 0 Å². The van der Waals surface area contributed by atoms with Crippen LogP contribution < -0.4 is 10.9 Å². The van der Waals surface area contributed by atoms with Crippen molar-refractivity contribution in [2.75, 3.05) is 25.5 Å². The van der Waals surface area contributed by atoms with Gasteiger partial charge in [-0.05, 0) is 56.2 Å². The van der Waals surface area contributed by atoms with Crippen LogP contribution >= 0.6 is 15.9 Å². The van der Waals surface area contributed by atoms with Crippen LogP contribution in [0.5, 0.6) is 0 Å². The minimum atomic E-state index is -0.0730. The molecule has 0 aliphatic heterocycles. The lowest BCUT2D eigenvalue weighted by molar-refractivity contribution is 0.273.